The van der Waals surface area contributed by atoms with E-state index in [-0.39, 0.29) is 30.4 Å². The number of carbonyl (C=O) groups excluding carboxylic acids is 2. The van der Waals surface area contributed by atoms with Gasteiger partial charge in [-0.25, -0.2) is 0 Å². The van der Waals surface area contributed by atoms with Gasteiger partial charge in [-0.3, -0.25) is 9.59 Å². The third kappa shape index (κ3) is 4.24. The Hall–Kier alpha value is -1.92. The molecule has 0 radical (unpaired) electrons. The molecule has 0 spiro atoms. The van der Waals surface area contributed by atoms with Gasteiger partial charge in [0.25, 0.3) is 0 Å². The number of amides is 2. The van der Waals surface area contributed by atoms with Gasteiger partial charge in [0.1, 0.15) is 6.61 Å². The first-order valence-corrected chi connectivity index (χ1v) is 9.41. The minimum Gasteiger partial charge on any atom is -0.375 e. The quantitative estimate of drug-likeness (QED) is 0.815. The number of piperidine rings is 1. The summed E-state index contributed by atoms with van der Waals surface area (Å²) in [5, 5.41) is 0. The first-order valence-electron chi connectivity index (χ1n) is 9.41. The smallest absolute Gasteiger partial charge is 0.248 e. The number of benzene rings is 1. The molecule has 0 aliphatic carbocycles. The van der Waals surface area contributed by atoms with Gasteiger partial charge in [-0.05, 0) is 25.5 Å². The normalized spacial score (nSPS) is 22.5. The number of rotatable bonds is 4. The van der Waals surface area contributed by atoms with E-state index in [1.165, 1.54) is 12.7 Å². The van der Waals surface area contributed by atoms with E-state index < -0.39 is 0 Å². The number of carbonyl (C=O) groups is 2. The molecule has 2 amide bonds. The van der Waals surface area contributed by atoms with Gasteiger partial charge in [0.05, 0.1) is 6.04 Å². The summed E-state index contributed by atoms with van der Waals surface area (Å²) in [5.41, 5.74) is 1.19. The number of piperazine rings is 1. The van der Waals surface area contributed by atoms with Crippen molar-refractivity contribution in [3.8, 4) is 0 Å². The number of ether oxygens (including phenoxy) is 1. The molecule has 26 heavy (non-hydrogen) atoms. The van der Waals surface area contributed by atoms with Gasteiger partial charge in [0, 0.05) is 45.8 Å². The number of nitrogens with zero attached hydrogens (tertiary/aromatic N) is 3. The SMILES string of the molecule is COCC(=O)N1CCC(C(=O)N2CCN(C)CC2c2ccccc2)CC1. The Balaban J connectivity index is 1.65. The van der Waals surface area contributed by atoms with Gasteiger partial charge in [0.2, 0.25) is 11.8 Å². The molecule has 1 unspecified atom stereocenters. The molecule has 2 saturated heterocycles. The summed E-state index contributed by atoms with van der Waals surface area (Å²) in [6.07, 6.45) is 1.48. The number of hydrogen-bond acceptors (Lipinski definition) is 4. The molecular formula is C20H29N3O3. The predicted octanol–water partition coefficient (Wildman–Crippen LogP) is 1.39. The van der Waals surface area contributed by atoms with Crippen LogP contribution in [0.5, 0.6) is 0 Å². The van der Waals surface area contributed by atoms with Crippen LogP contribution in [0.3, 0.4) is 0 Å². The zero-order valence-corrected chi connectivity index (χ0v) is 15.8. The highest BCUT2D eigenvalue weighted by Gasteiger charge is 2.35. The summed E-state index contributed by atoms with van der Waals surface area (Å²) in [4.78, 5) is 31.3. The van der Waals surface area contributed by atoms with Crippen molar-refractivity contribution >= 4 is 11.8 Å². The molecule has 2 aliphatic rings. The first kappa shape index (κ1) is 18.9. The van der Waals surface area contributed by atoms with Gasteiger partial charge in [0.15, 0.2) is 0 Å². The van der Waals surface area contributed by atoms with Gasteiger partial charge in [-0.2, -0.15) is 0 Å². The fraction of sp³-hybridized carbons (Fsp3) is 0.600. The summed E-state index contributed by atoms with van der Waals surface area (Å²) >= 11 is 0. The Bertz CT molecular complexity index is 614. The lowest BCUT2D eigenvalue weighted by molar-refractivity contribution is -0.145. The molecule has 1 aromatic carbocycles. The van der Waals surface area contributed by atoms with E-state index in [2.05, 4.69) is 29.0 Å². The third-order valence-electron chi connectivity index (χ3n) is 5.52. The van der Waals surface area contributed by atoms with Crippen LogP contribution in [0.1, 0.15) is 24.4 Å². The average Bonchev–Trinajstić information content (AvgIpc) is 2.68. The lowest BCUT2D eigenvalue weighted by Crippen LogP contribution is -2.52. The highest BCUT2D eigenvalue weighted by Crippen LogP contribution is 2.29. The van der Waals surface area contributed by atoms with Crippen LogP contribution in [0.2, 0.25) is 0 Å². The van der Waals surface area contributed by atoms with E-state index in [0.29, 0.717) is 13.1 Å². The molecule has 0 saturated carbocycles. The molecule has 1 atom stereocenters. The van der Waals surface area contributed by atoms with E-state index >= 15 is 0 Å². The van der Waals surface area contributed by atoms with E-state index in [0.717, 1.165) is 32.5 Å². The third-order valence-corrected chi connectivity index (χ3v) is 5.52. The minimum absolute atomic E-state index is 0.0104. The fourth-order valence-electron chi connectivity index (χ4n) is 3.97. The van der Waals surface area contributed by atoms with E-state index in [4.69, 9.17) is 4.74 Å². The summed E-state index contributed by atoms with van der Waals surface area (Å²) in [5.74, 6) is 0.266. The molecular weight excluding hydrogens is 330 g/mol. The second-order valence-electron chi connectivity index (χ2n) is 7.31. The number of methoxy groups -OCH3 is 1. The zero-order chi connectivity index (χ0) is 18.5. The Morgan fingerprint density at radius 3 is 2.42 bits per heavy atom. The maximum atomic E-state index is 13.2. The molecule has 2 fully saturated rings. The Morgan fingerprint density at radius 2 is 1.77 bits per heavy atom. The van der Waals surface area contributed by atoms with Crippen LogP contribution < -0.4 is 0 Å². The van der Waals surface area contributed by atoms with Crippen LogP contribution in [0.25, 0.3) is 0 Å². The fourth-order valence-corrected chi connectivity index (χ4v) is 3.97. The van der Waals surface area contributed by atoms with Crippen LogP contribution in [-0.2, 0) is 14.3 Å². The van der Waals surface area contributed by atoms with Crippen LogP contribution in [-0.4, -0.2) is 80.0 Å². The van der Waals surface area contributed by atoms with Gasteiger partial charge < -0.3 is 19.4 Å². The minimum atomic E-state index is 0.0104. The van der Waals surface area contributed by atoms with E-state index in [1.54, 1.807) is 0 Å². The van der Waals surface area contributed by atoms with Gasteiger partial charge in [-0.15, -0.1) is 0 Å². The number of likely N-dealkylation sites (N-methyl/N-ethyl adjacent to an activating group) is 1. The van der Waals surface area contributed by atoms with Gasteiger partial charge >= 0.3 is 0 Å². The highest BCUT2D eigenvalue weighted by atomic mass is 16.5. The van der Waals surface area contributed by atoms with Crippen molar-refractivity contribution in [3.63, 3.8) is 0 Å². The number of hydrogen-bond donors (Lipinski definition) is 0. The largest absolute Gasteiger partial charge is 0.375 e. The Morgan fingerprint density at radius 1 is 1.08 bits per heavy atom. The lowest BCUT2D eigenvalue weighted by Gasteiger charge is -2.43. The molecule has 0 N–H and O–H groups in total. The van der Waals surface area contributed by atoms with Crippen molar-refractivity contribution in [3.05, 3.63) is 35.9 Å². The molecule has 2 aliphatic heterocycles. The Kier molecular flexibility index (Phi) is 6.27. The van der Waals surface area contributed by atoms with Crippen LogP contribution in [0, 0.1) is 5.92 Å². The van der Waals surface area contributed by atoms with Crippen LogP contribution >= 0.6 is 0 Å². The van der Waals surface area contributed by atoms with Gasteiger partial charge in [-0.1, -0.05) is 30.3 Å². The average molecular weight is 359 g/mol. The molecule has 1 aromatic rings. The summed E-state index contributed by atoms with van der Waals surface area (Å²) in [7, 11) is 3.64. The molecule has 3 rings (SSSR count). The standard InChI is InChI=1S/C20H29N3O3/c1-21-12-13-23(18(14-21)16-6-4-3-5-7-16)20(25)17-8-10-22(11-9-17)19(24)15-26-2/h3-7,17-18H,8-15H2,1-2H3. The van der Waals surface area contributed by atoms with Crippen molar-refractivity contribution in [2.24, 2.45) is 5.92 Å². The summed E-state index contributed by atoms with van der Waals surface area (Å²) in [6, 6.07) is 10.4. The second kappa shape index (κ2) is 8.64. The second-order valence-corrected chi connectivity index (χ2v) is 7.31. The maximum Gasteiger partial charge on any atom is 0.248 e. The first-order chi connectivity index (χ1) is 12.6. The molecule has 142 valence electrons. The molecule has 0 aromatic heterocycles. The van der Waals surface area contributed by atoms with Crippen molar-refractivity contribution in [1.82, 2.24) is 14.7 Å². The monoisotopic (exact) mass is 359 g/mol. The van der Waals surface area contributed by atoms with E-state index in [1.807, 2.05) is 23.1 Å². The van der Waals surface area contributed by atoms with Crippen LogP contribution in [0.4, 0.5) is 0 Å². The predicted molar refractivity (Wildman–Crippen MR) is 99.6 cm³/mol. The summed E-state index contributed by atoms with van der Waals surface area (Å²) < 4.78 is 4.93. The topological polar surface area (TPSA) is 53.1 Å². The zero-order valence-electron chi connectivity index (χ0n) is 15.8. The van der Waals surface area contributed by atoms with Crippen molar-refractivity contribution in [1.29, 1.82) is 0 Å². The van der Waals surface area contributed by atoms with Crippen LogP contribution in [0.15, 0.2) is 30.3 Å². The number of likely N-dealkylation sites (tertiary alicyclic amines) is 1. The van der Waals surface area contributed by atoms with Crippen molar-refractivity contribution in [2.75, 3.05) is 53.5 Å². The van der Waals surface area contributed by atoms with Crippen molar-refractivity contribution < 1.29 is 14.3 Å². The Labute approximate surface area is 155 Å². The maximum absolute atomic E-state index is 13.2. The molecule has 0 bridgehead atoms. The van der Waals surface area contributed by atoms with Crippen molar-refractivity contribution in [2.45, 2.75) is 18.9 Å². The molecule has 6 nitrogen and oxygen atoms in total. The molecule has 6 heteroatoms. The highest BCUT2D eigenvalue weighted by molar-refractivity contribution is 5.81. The van der Waals surface area contributed by atoms with E-state index in [9.17, 15) is 9.59 Å². The summed E-state index contributed by atoms with van der Waals surface area (Å²) in [6.45, 7) is 3.93. The molecule has 2 heterocycles. The lowest BCUT2D eigenvalue weighted by atomic mass is 9.93.